The van der Waals surface area contributed by atoms with Crippen LogP contribution in [0.15, 0.2) is 126 Å². The molecule has 2 amide bonds. The molecule has 0 saturated carbocycles. The SMILES string of the molecule is CC1(C)C(=O)C(c2ccccc2)=C2CN(C(=O)OCc3ccc(CCC(F)(F)C(F)(F)C(F)(F)C(F)(F)C(F)(F)C(F)(F)C(F)(F)C(F)(F)C(F)(F)F)cc3)C(Cc3ccc(F)cc3)(C(=O)NCCc3ccccc3)C=C21. The van der Waals surface area contributed by atoms with Crippen LogP contribution in [0.2, 0.25) is 0 Å². The zero-order valence-electron chi connectivity index (χ0n) is 39.6. The lowest BCUT2D eigenvalue weighted by Gasteiger charge is -2.45. The van der Waals surface area contributed by atoms with Crippen LogP contribution in [-0.2, 0) is 40.2 Å². The molecule has 2 aliphatic rings. The minimum absolute atomic E-state index is 0.0135. The van der Waals surface area contributed by atoms with E-state index in [4.69, 9.17) is 4.74 Å². The number of nitrogens with one attached hydrogen (secondary N) is 1. The van der Waals surface area contributed by atoms with Crippen LogP contribution in [0.1, 0.15) is 48.1 Å². The van der Waals surface area contributed by atoms with E-state index >= 15 is 0 Å². The predicted molar refractivity (Wildman–Crippen MR) is 234 cm³/mol. The molecule has 1 aliphatic heterocycles. The van der Waals surface area contributed by atoms with Crippen LogP contribution in [0.4, 0.5) is 92.6 Å². The smallest absolute Gasteiger partial charge is 0.445 e. The lowest BCUT2D eigenvalue weighted by molar-refractivity contribution is -0.468. The first kappa shape index (κ1) is 59.6. The van der Waals surface area contributed by atoms with Gasteiger partial charge in [0.15, 0.2) is 5.78 Å². The largest absolute Gasteiger partial charge is 0.460 e. The number of ketones is 1. The molecule has 1 heterocycles. The van der Waals surface area contributed by atoms with Gasteiger partial charge in [-0.3, -0.25) is 14.5 Å². The predicted octanol–water partition coefficient (Wildman–Crippen LogP) is 13.7. The molecule has 1 N–H and O–H groups in total. The number of alkyl halides is 19. The van der Waals surface area contributed by atoms with E-state index in [1.54, 1.807) is 74.5 Å². The molecule has 0 fully saturated rings. The highest BCUT2D eigenvalue weighted by Gasteiger charge is 2.96. The second kappa shape index (κ2) is 20.3. The number of aryl methyl sites for hydroxylation is 1. The Morgan fingerprint density at radius 3 is 1.55 bits per heavy atom. The van der Waals surface area contributed by atoms with Gasteiger partial charge in [-0.2, -0.15) is 83.4 Å². The zero-order valence-corrected chi connectivity index (χ0v) is 39.6. The lowest BCUT2D eigenvalue weighted by Crippen LogP contribution is -2.75. The molecule has 1 unspecified atom stereocenters. The highest BCUT2D eigenvalue weighted by atomic mass is 19.4. The van der Waals surface area contributed by atoms with Gasteiger partial charge in [0.1, 0.15) is 18.0 Å². The van der Waals surface area contributed by atoms with Gasteiger partial charge in [0.25, 0.3) is 5.91 Å². The number of fused-ring (bicyclic) bond motifs is 1. The summed E-state index contributed by atoms with van der Waals surface area (Å²) in [6.45, 7) is 2.02. The molecule has 0 aromatic heterocycles. The van der Waals surface area contributed by atoms with Crippen LogP contribution >= 0.6 is 0 Å². The van der Waals surface area contributed by atoms with E-state index in [1.165, 1.54) is 18.2 Å². The summed E-state index contributed by atoms with van der Waals surface area (Å²) >= 11 is 0. The summed E-state index contributed by atoms with van der Waals surface area (Å²) in [5.74, 6) is -69.2. The molecule has 0 spiro atoms. The summed E-state index contributed by atoms with van der Waals surface area (Å²) in [6.07, 6.45) is -12.2. The topological polar surface area (TPSA) is 75.7 Å². The van der Waals surface area contributed by atoms with Gasteiger partial charge in [0.05, 0.1) is 12.0 Å². The average Bonchev–Trinajstić information content (AvgIpc) is 3.55. The first-order valence-corrected chi connectivity index (χ1v) is 22.5. The molecular formula is C51H40F20N2O4. The Bertz CT molecular complexity index is 2890. The second-order valence-corrected chi connectivity index (χ2v) is 18.6. The van der Waals surface area contributed by atoms with Crippen LogP contribution in [0, 0.1) is 11.2 Å². The first-order chi connectivity index (χ1) is 35.3. The number of rotatable bonds is 19. The van der Waals surface area contributed by atoms with Crippen molar-refractivity contribution in [3.05, 3.63) is 160 Å². The van der Waals surface area contributed by atoms with Crippen molar-refractivity contribution in [2.75, 3.05) is 13.1 Å². The summed E-state index contributed by atoms with van der Waals surface area (Å²) in [5, 5.41) is 2.84. The fourth-order valence-electron chi connectivity index (χ4n) is 8.59. The standard InChI is InChI=1S/C51H40F20N2O4/c1-41(2)36-26-42(25-31-17-19-34(52)20-18-31,39(75)72-24-22-29-9-5-3-6-10-29)73(27-35(36)37(38(41)74)33-11-7-4-8-12-33)40(76)77-28-32-15-13-30(14-16-32)21-23-43(53,54)44(55,56)45(57,58)46(59,60)47(61,62)48(63,64)49(65,66)50(67,68)51(69,70)71/h3-20,26H,21-25,27-28H2,1-2H3,(H,72,75). The van der Waals surface area contributed by atoms with Crippen molar-refractivity contribution in [2.24, 2.45) is 5.41 Å². The minimum Gasteiger partial charge on any atom is -0.445 e. The summed E-state index contributed by atoms with van der Waals surface area (Å²) in [4.78, 5) is 44.6. The highest BCUT2D eigenvalue weighted by Crippen LogP contribution is 2.65. The molecule has 0 radical (unpaired) electrons. The Kier molecular flexibility index (Phi) is 15.7. The number of Topliss-reactive ketones (excluding diaryl/α,β-unsaturated/α-hetero) is 1. The molecule has 6 nitrogen and oxygen atoms in total. The van der Waals surface area contributed by atoms with Crippen molar-refractivity contribution < 1.29 is 107 Å². The molecule has 4 aromatic carbocycles. The van der Waals surface area contributed by atoms with Gasteiger partial charge in [0.2, 0.25) is 0 Å². The number of hydrogen-bond acceptors (Lipinski definition) is 4. The summed E-state index contributed by atoms with van der Waals surface area (Å²) < 4.78 is 283. The third-order valence-corrected chi connectivity index (χ3v) is 13.2. The van der Waals surface area contributed by atoms with Gasteiger partial charge in [-0.25, -0.2) is 9.18 Å². The van der Waals surface area contributed by atoms with Gasteiger partial charge in [0, 0.05) is 25.0 Å². The Labute approximate surface area is 423 Å². The number of halogens is 20. The molecule has 4 aromatic rings. The van der Waals surface area contributed by atoms with Crippen LogP contribution in [0.3, 0.4) is 0 Å². The van der Waals surface area contributed by atoms with Crippen LogP contribution in [0.5, 0.6) is 0 Å². The van der Waals surface area contributed by atoms with Crippen LogP contribution in [-0.4, -0.2) is 94.9 Å². The third kappa shape index (κ3) is 10.1. The van der Waals surface area contributed by atoms with Crippen molar-refractivity contribution in [3.8, 4) is 0 Å². The van der Waals surface area contributed by atoms with Gasteiger partial charge >= 0.3 is 59.6 Å². The molecule has 418 valence electrons. The van der Waals surface area contributed by atoms with E-state index in [-0.39, 0.29) is 29.9 Å². The quantitative estimate of drug-likeness (QED) is 0.0950. The van der Waals surface area contributed by atoms with Gasteiger partial charge in [-0.1, -0.05) is 97.1 Å². The molecule has 6 rings (SSSR count). The van der Waals surface area contributed by atoms with Crippen LogP contribution in [0.25, 0.3) is 5.57 Å². The minimum atomic E-state index is -9.03. The zero-order chi connectivity index (χ0) is 57.8. The van der Waals surface area contributed by atoms with E-state index in [1.807, 2.05) is 0 Å². The fourth-order valence-corrected chi connectivity index (χ4v) is 8.59. The Morgan fingerprint density at radius 1 is 0.571 bits per heavy atom. The van der Waals surface area contributed by atoms with Gasteiger partial charge in [-0.05, 0) is 83.9 Å². The van der Waals surface area contributed by atoms with E-state index in [9.17, 15) is 102 Å². The maximum Gasteiger partial charge on any atom is 0.460 e. The lowest BCUT2D eigenvalue weighted by atomic mass is 9.75. The number of hydrogen-bond donors (Lipinski definition) is 1. The molecule has 0 saturated heterocycles. The van der Waals surface area contributed by atoms with Crippen LogP contribution < -0.4 is 5.32 Å². The van der Waals surface area contributed by atoms with Crippen molar-refractivity contribution >= 4 is 23.4 Å². The fraction of sp³-hybridized carbons (Fsp3) is 0.392. The van der Waals surface area contributed by atoms with Crippen molar-refractivity contribution in [3.63, 3.8) is 0 Å². The summed E-state index contributed by atoms with van der Waals surface area (Å²) in [7, 11) is 0. The Hall–Kier alpha value is -6.63. The molecule has 26 heteroatoms. The maximum atomic E-state index is 14.8. The number of amides is 2. The first-order valence-electron chi connectivity index (χ1n) is 22.5. The Morgan fingerprint density at radius 2 is 1.03 bits per heavy atom. The summed E-state index contributed by atoms with van der Waals surface area (Å²) in [5.41, 5.74) is -1.52. The number of nitrogens with zero attached hydrogens (tertiary/aromatic N) is 1. The van der Waals surface area contributed by atoms with E-state index in [0.29, 0.717) is 28.7 Å². The monoisotopic (exact) mass is 1120 g/mol. The average molecular weight is 1120 g/mol. The number of ether oxygens (including phenoxy) is 1. The molecule has 1 aliphatic carbocycles. The van der Waals surface area contributed by atoms with Gasteiger partial charge < -0.3 is 10.1 Å². The number of carbonyl (C=O) groups is 3. The van der Waals surface area contributed by atoms with Crippen molar-refractivity contribution in [1.82, 2.24) is 10.2 Å². The molecule has 0 bridgehead atoms. The summed E-state index contributed by atoms with van der Waals surface area (Å²) in [6, 6.07) is 25.4. The molecule has 77 heavy (non-hydrogen) atoms. The normalized spacial score (nSPS) is 18.0. The number of carbonyl (C=O) groups excluding carboxylic acids is 3. The van der Waals surface area contributed by atoms with Crippen molar-refractivity contribution in [1.29, 1.82) is 0 Å². The van der Waals surface area contributed by atoms with E-state index in [2.05, 4.69) is 5.32 Å². The number of allylic oxidation sites excluding steroid dienone is 1. The van der Waals surface area contributed by atoms with Crippen molar-refractivity contribution in [2.45, 2.75) is 105 Å². The molecule has 1 atom stereocenters. The second-order valence-electron chi connectivity index (χ2n) is 18.6. The number of benzene rings is 4. The third-order valence-electron chi connectivity index (χ3n) is 13.2. The Balaban J connectivity index is 1.27. The van der Waals surface area contributed by atoms with E-state index in [0.717, 1.165) is 46.9 Å². The van der Waals surface area contributed by atoms with Gasteiger partial charge in [-0.15, -0.1) is 0 Å². The maximum absolute atomic E-state index is 14.8. The van der Waals surface area contributed by atoms with E-state index < -0.39 is 114 Å². The highest BCUT2D eigenvalue weighted by molar-refractivity contribution is 6.29. The molecular weight excluding hydrogens is 1080 g/mol.